The molecule has 0 rings (SSSR count). The molecule has 0 unspecified atom stereocenters. The van der Waals surface area contributed by atoms with E-state index in [1.807, 2.05) is 20.8 Å². The van der Waals surface area contributed by atoms with Gasteiger partial charge in [0.05, 0.1) is 0 Å². The summed E-state index contributed by atoms with van der Waals surface area (Å²) in [5.41, 5.74) is 9.86. The normalized spacial score (nSPS) is 10.5. The van der Waals surface area contributed by atoms with Gasteiger partial charge in [-0.05, 0) is 19.5 Å². The Balaban J connectivity index is 0. The maximum atomic E-state index is 10.9. The zero-order valence-corrected chi connectivity index (χ0v) is 10.2. The van der Waals surface area contributed by atoms with Crippen LogP contribution in [0.2, 0.25) is 0 Å². The average molecular weight is 219 g/mol. The molecule has 0 aromatic carbocycles. The van der Waals surface area contributed by atoms with E-state index in [0.717, 1.165) is 6.42 Å². The van der Waals surface area contributed by atoms with Crippen molar-refractivity contribution >= 4 is 0 Å². The molecule has 0 aliphatic heterocycles. The second-order valence-electron chi connectivity index (χ2n) is 3.31. The van der Waals surface area contributed by atoms with Crippen molar-refractivity contribution in [1.82, 2.24) is 0 Å². The van der Waals surface area contributed by atoms with Crippen LogP contribution in [0, 0.1) is 10.1 Å². The number of rotatable bonds is 7. The number of hydrogen-bond donors (Lipinski definition) is 2. The van der Waals surface area contributed by atoms with E-state index in [-0.39, 0.29) is 4.92 Å². The van der Waals surface area contributed by atoms with Gasteiger partial charge in [-0.1, -0.05) is 20.8 Å². The largest absolute Gasteiger partial charge is 0.330 e. The Labute approximate surface area is 92.4 Å². The quantitative estimate of drug-likeness (QED) is 0.501. The molecule has 0 fully saturated rings. The standard InChI is InChI=1S/C8H19N3O2.C2H6/c1-2-3-8(4-6-9,5-7-10)11(12)13;1-2/h2-7,9-10H2,1H3;1-2H3. The summed E-state index contributed by atoms with van der Waals surface area (Å²) in [4.78, 5) is 10.7. The van der Waals surface area contributed by atoms with Crippen LogP contribution in [0.5, 0.6) is 0 Å². The van der Waals surface area contributed by atoms with Crippen LogP contribution in [-0.4, -0.2) is 23.6 Å². The minimum Gasteiger partial charge on any atom is -0.330 e. The number of hydrogen-bond acceptors (Lipinski definition) is 4. The van der Waals surface area contributed by atoms with Gasteiger partial charge in [0.25, 0.3) is 0 Å². The molecule has 0 bridgehead atoms. The Hall–Kier alpha value is -0.680. The fourth-order valence-electron chi connectivity index (χ4n) is 1.65. The molecular weight excluding hydrogens is 194 g/mol. The summed E-state index contributed by atoms with van der Waals surface area (Å²) in [6, 6.07) is 0. The zero-order valence-electron chi connectivity index (χ0n) is 10.2. The molecule has 0 heterocycles. The van der Waals surface area contributed by atoms with E-state index in [2.05, 4.69) is 0 Å². The van der Waals surface area contributed by atoms with E-state index in [0.29, 0.717) is 32.4 Å². The van der Waals surface area contributed by atoms with Crippen LogP contribution in [-0.2, 0) is 0 Å². The third kappa shape index (κ3) is 5.69. The molecule has 0 aromatic rings. The number of nitrogens with zero attached hydrogens (tertiary/aromatic N) is 1. The summed E-state index contributed by atoms with van der Waals surface area (Å²) in [6.45, 7) is 6.63. The van der Waals surface area contributed by atoms with Crippen LogP contribution < -0.4 is 11.5 Å². The van der Waals surface area contributed by atoms with Crippen molar-refractivity contribution in [3.05, 3.63) is 10.1 Å². The predicted molar refractivity (Wildman–Crippen MR) is 63.3 cm³/mol. The molecule has 5 heteroatoms. The van der Waals surface area contributed by atoms with Crippen molar-refractivity contribution in [1.29, 1.82) is 0 Å². The van der Waals surface area contributed by atoms with Crippen LogP contribution >= 0.6 is 0 Å². The maximum absolute atomic E-state index is 10.9. The van der Waals surface area contributed by atoms with E-state index in [4.69, 9.17) is 11.5 Å². The SMILES string of the molecule is CC.CCCC(CCN)(CCN)[N+](=O)[O-]. The lowest BCUT2D eigenvalue weighted by Crippen LogP contribution is -2.42. The van der Waals surface area contributed by atoms with Crippen molar-refractivity contribution in [2.45, 2.75) is 52.0 Å². The lowest BCUT2D eigenvalue weighted by molar-refractivity contribution is -0.573. The monoisotopic (exact) mass is 219 g/mol. The summed E-state index contributed by atoms with van der Waals surface area (Å²) in [5, 5.41) is 10.9. The Bertz CT molecular complexity index is 146. The Morgan fingerprint density at radius 1 is 1.13 bits per heavy atom. The van der Waals surface area contributed by atoms with Crippen molar-refractivity contribution in [3.63, 3.8) is 0 Å². The highest BCUT2D eigenvalue weighted by Crippen LogP contribution is 2.24. The first-order chi connectivity index (χ1) is 7.13. The van der Waals surface area contributed by atoms with Crippen molar-refractivity contribution in [3.8, 4) is 0 Å². The molecule has 0 aromatic heterocycles. The molecule has 0 saturated heterocycles. The highest BCUT2D eigenvalue weighted by molar-refractivity contribution is 4.79. The van der Waals surface area contributed by atoms with E-state index >= 15 is 0 Å². The molecule has 0 amide bonds. The Morgan fingerprint density at radius 3 is 1.73 bits per heavy atom. The minimum atomic E-state index is -0.877. The third-order valence-corrected chi connectivity index (χ3v) is 2.32. The highest BCUT2D eigenvalue weighted by atomic mass is 16.6. The molecule has 0 spiro atoms. The van der Waals surface area contributed by atoms with Gasteiger partial charge in [0, 0.05) is 24.2 Å². The molecule has 0 radical (unpaired) electrons. The van der Waals surface area contributed by atoms with Crippen LogP contribution in [0.4, 0.5) is 0 Å². The van der Waals surface area contributed by atoms with Gasteiger partial charge in [-0.15, -0.1) is 0 Å². The van der Waals surface area contributed by atoms with Gasteiger partial charge < -0.3 is 11.5 Å². The van der Waals surface area contributed by atoms with Crippen molar-refractivity contribution < 1.29 is 4.92 Å². The fourth-order valence-corrected chi connectivity index (χ4v) is 1.65. The summed E-state index contributed by atoms with van der Waals surface area (Å²) < 4.78 is 0. The lowest BCUT2D eigenvalue weighted by Gasteiger charge is -2.23. The Kier molecular flexibility index (Phi) is 11.0. The van der Waals surface area contributed by atoms with E-state index < -0.39 is 5.54 Å². The van der Waals surface area contributed by atoms with Gasteiger partial charge in [-0.3, -0.25) is 10.1 Å². The first-order valence-electron chi connectivity index (χ1n) is 5.67. The van der Waals surface area contributed by atoms with Crippen LogP contribution in [0.25, 0.3) is 0 Å². The second-order valence-corrected chi connectivity index (χ2v) is 3.31. The zero-order chi connectivity index (χ0) is 12.3. The first-order valence-corrected chi connectivity index (χ1v) is 5.67. The van der Waals surface area contributed by atoms with Gasteiger partial charge in [0.15, 0.2) is 0 Å². The van der Waals surface area contributed by atoms with Crippen molar-refractivity contribution in [2.75, 3.05) is 13.1 Å². The van der Waals surface area contributed by atoms with E-state index in [1.165, 1.54) is 0 Å². The molecule has 0 aliphatic rings. The molecule has 15 heavy (non-hydrogen) atoms. The molecular formula is C10H25N3O2. The maximum Gasteiger partial charge on any atom is 0.224 e. The number of nitro groups is 1. The van der Waals surface area contributed by atoms with E-state index in [9.17, 15) is 10.1 Å². The molecule has 4 N–H and O–H groups in total. The molecule has 0 atom stereocenters. The number of nitrogens with two attached hydrogens (primary N) is 2. The minimum absolute atomic E-state index is 0.212. The van der Waals surface area contributed by atoms with E-state index in [1.54, 1.807) is 0 Å². The van der Waals surface area contributed by atoms with Gasteiger partial charge in [0.1, 0.15) is 0 Å². The molecule has 0 saturated carbocycles. The van der Waals surface area contributed by atoms with Crippen LogP contribution in [0.15, 0.2) is 0 Å². The molecule has 0 aliphatic carbocycles. The first kappa shape index (κ1) is 16.7. The predicted octanol–water partition coefficient (Wildman–Crippen LogP) is 1.53. The van der Waals surface area contributed by atoms with Gasteiger partial charge in [-0.25, -0.2) is 0 Å². The van der Waals surface area contributed by atoms with Gasteiger partial charge >= 0.3 is 0 Å². The summed E-state index contributed by atoms with van der Waals surface area (Å²) in [5.74, 6) is 0. The smallest absolute Gasteiger partial charge is 0.224 e. The molecule has 5 nitrogen and oxygen atoms in total. The second kappa shape index (κ2) is 9.86. The highest BCUT2D eigenvalue weighted by Gasteiger charge is 2.39. The summed E-state index contributed by atoms with van der Waals surface area (Å²) in [6.07, 6.45) is 2.20. The fraction of sp³-hybridized carbons (Fsp3) is 1.00. The van der Waals surface area contributed by atoms with Gasteiger partial charge in [-0.2, -0.15) is 0 Å². The summed E-state index contributed by atoms with van der Waals surface area (Å²) >= 11 is 0. The average Bonchev–Trinajstić information content (AvgIpc) is 2.21. The third-order valence-electron chi connectivity index (χ3n) is 2.32. The topological polar surface area (TPSA) is 95.2 Å². The molecule has 92 valence electrons. The van der Waals surface area contributed by atoms with Crippen LogP contribution in [0.3, 0.4) is 0 Å². The summed E-state index contributed by atoms with van der Waals surface area (Å²) in [7, 11) is 0. The van der Waals surface area contributed by atoms with Crippen molar-refractivity contribution in [2.24, 2.45) is 11.5 Å². The van der Waals surface area contributed by atoms with Gasteiger partial charge in [0.2, 0.25) is 5.54 Å². The van der Waals surface area contributed by atoms with Crippen LogP contribution in [0.1, 0.15) is 46.5 Å². The Morgan fingerprint density at radius 2 is 1.53 bits per heavy atom. The lowest BCUT2D eigenvalue weighted by atomic mass is 9.87.